The van der Waals surface area contributed by atoms with Gasteiger partial charge in [-0.3, -0.25) is 4.79 Å². The lowest BCUT2D eigenvalue weighted by atomic mass is 10.1. The molecule has 7 nitrogen and oxygen atoms in total. The van der Waals surface area contributed by atoms with Crippen LogP contribution in [0.1, 0.15) is 10.6 Å². The zero-order chi connectivity index (χ0) is 18.6. The van der Waals surface area contributed by atoms with Crippen LogP contribution in [0.4, 0.5) is 5.69 Å². The molecule has 4 aromatic rings. The topological polar surface area (TPSA) is 82.2 Å². The van der Waals surface area contributed by atoms with Gasteiger partial charge in [0.1, 0.15) is 11.4 Å². The maximum absolute atomic E-state index is 12.5. The standard InChI is InChI=1S/C20H16N4O3/c1-26-17-8-2-5-14(11-17)18-13-19(27-23-18)20(25)22-15-6-3-7-16(12-15)24-10-4-9-21-24/h2-13H,1H3,(H,22,25). The van der Waals surface area contributed by atoms with Crippen molar-refractivity contribution in [2.75, 3.05) is 12.4 Å². The van der Waals surface area contributed by atoms with Crippen molar-refractivity contribution in [3.05, 3.63) is 78.8 Å². The van der Waals surface area contributed by atoms with E-state index in [1.807, 2.05) is 54.7 Å². The van der Waals surface area contributed by atoms with Gasteiger partial charge < -0.3 is 14.6 Å². The first-order valence-corrected chi connectivity index (χ1v) is 8.25. The molecular formula is C20H16N4O3. The number of hydrogen-bond donors (Lipinski definition) is 1. The van der Waals surface area contributed by atoms with Crippen LogP contribution >= 0.6 is 0 Å². The second kappa shape index (κ2) is 7.17. The van der Waals surface area contributed by atoms with Gasteiger partial charge in [0.15, 0.2) is 0 Å². The average Bonchev–Trinajstić information content (AvgIpc) is 3.40. The molecule has 0 saturated carbocycles. The SMILES string of the molecule is COc1cccc(-c2cc(C(=O)Nc3cccc(-n4cccn4)c3)on2)c1. The summed E-state index contributed by atoms with van der Waals surface area (Å²) in [5.41, 5.74) is 2.84. The smallest absolute Gasteiger partial charge is 0.294 e. The molecule has 4 rings (SSSR count). The summed E-state index contributed by atoms with van der Waals surface area (Å²) in [4.78, 5) is 12.5. The maximum Gasteiger partial charge on any atom is 0.294 e. The van der Waals surface area contributed by atoms with Gasteiger partial charge in [0.05, 0.1) is 12.8 Å². The van der Waals surface area contributed by atoms with Gasteiger partial charge in [0.25, 0.3) is 5.91 Å². The second-order valence-electron chi connectivity index (χ2n) is 5.76. The fourth-order valence-corrected chi connectivity index (χ4v) is 2.64. The number of nitrogens with zero attached hydrogens (tertiary/aromatic N) is 3. The molecule has 0 aliphatic rings. The minimum Gasteiger partial charge on any atom is -0.497 e. The molecule has 0 fully saturated rings. The minimum atomic E-state index is -0.380. The lowest BCUT2D eigenvalue weighted by Gasteiger charge is -2.06. The molecule has 1 amide bonds. The van der Waals surface area contributed by atoms with Gasteiger partial charge in [0, 0.05) is 29.7 Å². The normalized spacial score (nSPS) is 10.6. The molecule has 1 N–H and O–H groups in total. The molecule has 134 valence electrons. The van der Waals surface area contributed by atoms with E-state index in [-0.39, 0.29) is 11.7 Å². The first-order chi connectivity index (χ1) is 13.2. The third-order valence-electron chi connectivity index (χ3n) is 3.97. The second-order valence-corrected chi connectivity index (χ2v) is 5.76. The quantitative estimate of drug-likeness (QED) is 0.585. The van der Waals surface area contributed by atoms with E-state index in [9.17, 15) is 4.79 Å². The van der Waals surface area contributed by atoms with E-state index in [0.717, 1.165) is 11.3 Å². The minimum absolute atomic E-state index is 0.123. The third-order valence-corrected chi connectivity index (χ3v) is 3.97. The summed E-state index contributed by atoms with van der Waals surface area (Å²) >= 11 is 0. The Kier molecular flexibility index (Phi) is 4.40. The van der Waals surface area contributed by atoms with Crippen LogP contribution in [-0.4, -0.2) is 28.0 Å². The fraction of sp³-hybridized carbons (Fsp3) is 0.0500. The predicted octanol–water partition coefficient (Wildman–Crippen LogP) is 3.79. The molecule has 0 radical (unpaired) electrons. The van der Waals surface area contributed by atoms with Crippen LogP contribution in [0.15, 0.2) is 77.6 Å². The number of amides is 1. The summed E-state index contributed by atoms with van der Waals surface area (Å²) in [7, 11) is 1.60. The van der Waals surface area contributed by atoms with E-state index in [1.165, 1.54) is 0 Å². The predicted molar refractivity (Wildman–Crippen MR) is 100 cm³/mol. The van der Waals surface area contributed by atoms with Crippen LogP contribution in [-0.2, 0) is 0 Å². The van der Waals surface area contributed by atoms with Gasteiger partial charge in [-0.15, -0.1) is 0 Å². The molecule has 0 unspecified atom stereocenters. The Labute approximate surface area is 155 Å². The van der Waals surface area contributed by atoms with E-state index in [2.05, 4.69) is 15.6 Å². The van der Waals surface area contributed by atoms with Gasteiger partial charge in [-0.05, 0) is 36.4 Å². The highest BCUT2D eigenvalue weighted by Gasteiger charge is 2.15. The van der Waals surface area contributed by atoms with Crippen molar-refractivity contribution in [1.29, 1.82) is 0 Å². The monoisotopic (exact) mass is 360 g/mol. The molecule has 7 heteroatoms. The molecule has 0 saturated heterocycles. The lowest BCUT2D eigenvalue weighted by molar-refractivity contribution is 0.0988. The van der Waals surface area contributed by atoms with E-state index < -0.39 is 0 Å². The summed E-state index contributed by atoms with van der Waals surface area (Å²) < 4.78 is 12.1. The Hall–Kier alpha value is -3.87. The van der Waals surface area contributed by atoms with Gasteiger partial charge in [-0.25, -0.2) is 4.68 Å². The highest BCUT2D eigenvalue weighted by molar-refractivity contribution is 6.02. The number of ether oxygens (including phenoxy) is 1. The molecule has 2 heterocycles. The van der Waals surface area contributed by atoms with Crippen LogP contribution in [0.3, 0.4) is 0 Å². The molecule has 0 atom stereocenters. The fourth-order valence-electron chi connectivity index (χ4n) is 2.64. The maximum atomic E-state index is 12.5. The molecule has 0 bridgehead atoms. The number of methoxy groups -OCH3 is 1. The van der Waals surface area contributed by atoms with Crippen molar-refractivity contribution in [3.63, 3.8) is 0 Å². The Morgan fingerprint density at radius 3 is 2.81 bits per heavy atom. The molecule has 2 aromatic heterocycles. The summed E-state index contributed by atoms with van der Waals surface area (Å²) in [6, 6.07) is 18.2. The summed E-state index contributed by atoms with van der Waals surface area (Å²) in [5.74, 6) is 0.448. The number of hydrogen-bond acceptors (Lipinski definition) is 5. The number of aromatic nitrogens is 3. The van der Waals surface area contributed by atoms with Crippen molar-refractivity contribution in [2.24, 2.45) is 0 Å². The van der Waals surface area contributed by atoms with Crippen LogP contribution in [0.5, 0.6) is 5.75 Å². The number of carbonyl (C=O) groups excluding carboxylic acids is 1. The van der Waals surface area contributed by atoms with Crippen molar-refractivity contribution in [2.45, 2.75) is 0 Å². The van der Waals surface area contributed by atoms with Gasteiger partial charge in [0.2, 0.25) is 5.76 Å². The van der Waals surface area contributed by atoms with Gasteiger partial charge in [-0.1, -0.05) is 23.4 Å². The van der Waals surface area contributed by atoms with Crippen molar-refractivity contribution < 1.29 is 14.1 Å². The van der Waals surface area contributed by atoms with Crippen molar-refractivity contribution in [3.8, 4) is 22.7 Å². The zero-order valence-corrected chi connectivity index (χ0v) is 14.5. The van der Waals surface area contributed by atoms with Crippen LogP contribution in [0.2, 0.25) is 0 Å². The van der Waals surface area contributed by atoms with Gasteiger partial charge in [-0.2, -0.15) is 5.10 Å². The molecule has 2 aromatic carbocycles. The van der Waals surface area contributed by atoms with E-state index in [1.54, 1.807) is 30.1 Å². The number of benzene rings is 2. The van der Waals surface area contributed by atoms with E-state index in [0.29, 0.717) is 17.1 Å². The lowest BCUT2D eigenvalue weighted by Crippen LogP contribution is -2.11. The third kappa shape index (κ3) is 3.57. The summed E-state index contributed by atoms with van der Waals surface area (Å²) in [5, 5.41) is 11.0. The van der Waals surface area contributed by atoms with E-state index in [4.69, 9.17) is 9.26 Å². The number of anilines is 1. The average molecular weight is 360 g/mol. The highest BCUT2D eigenvalue weighted by Crippen LogP contribution is 2.24. The first-order valence-electron chi connectivity index (χ1n) is 8.25. The number of rotatable bonds is 5. The van der Waals surface area contributed by atoms with Crippen LogP contribution in [0, 0.1) is 0 Å². The van der Waals surface area contributed by atoms with Crippen LogP contribution in [0.25, 0.3) is 16.9 Å². The number of nitrogens with one attached hydrogen (secondary N) is 1. The highest BCUT2D eigenvalue weighted by atomic mass is 16.5. The largest absolute Gasteiger partial charge is 0.497 e. The summed E-state index contributed by atoms with van der Waals surface area (Å²) in [6.07, 6.45) is 3.53. The molecule has 0 spiro atoms. The Morgan fingerprint density at radius 1 is 1.11 bits per heavy atom. The molecule has 0 aliphatic heterocycles. The molecule has 27 heavy (non-hydrogen) atoms. The van der Waals surface area contributed by atoms with Crippen LogP contribution < -0.4 is 10.1 Å². The Balaban J connectivity index is 1.52. The van der Waals surface area contributed by atoms with E-state index >= 15 is 0 Å². The molecular weight excluding hydrogens is 344 g/mol. The van der Waals surface area contributed by atoms with Crippen molar-refractivity contribution in [1.82, 2.24) is 14.9 Å². The Morgan fingerprint density at radius 2 is 2.00 bits per heavy atom. The molecule has 0 aliphatic carbocycles. The first kappa shape index (κ1) is 16.6. The summed E-state index contributed by atoms with van der Waals surface area (Å²) in [6.45, 7) is 0. The van der Waals surface area contributed by atoms with Crippen molar-refractivity contribution >= 4 is 11.6 Å². The Bertz CT molecular complexity index is 1070. The zero-order valence-electron chi connectivity index (χ0n) is 14.5. The number of carbonyl (C=O) groups is 1. The van der Waals surface area contributed by atoms with Gasteiger partial charge >= 0.3 is 0 Å².